The van der Waals surface area contributed by atoms with Crippen LogP contribution in [0.15, 0.2) is 4.99 Å². The van der Waals surface area contributed by atoms with Crippen molar-refractivity contribution in [2.45, 2.75) is 71.3 Å². The zero-order valence-electron chi connectivity index (χ0n) is 18.9. The maximum absolute atomic E-state index is 11.4. The highest BCUT2D eigenvalue weighted by Gasteiger charge is 2.24. The molecule has 1 aliphatic carbocycles. The standard InChI is InChI=1S/C21H42N4O2S.HI/c1-21(2,12-15-28(4,26)27)17-23-20(22-3)24-19-10-13-25(14-11-19)16-18-8-6-5-7-9-18;/h18-19H,5-17H2,1-4H3,(H2,22,23,24);1H. The molecule has 0 aromatic carbocycles. The topological polar surface area (TPSA) is 73.8 Å². The first-order valence-corrected chi connectivity index (χ1v) is 13.1. The molecule has 0 atom stereocenters. The van der Waals surface area contributed by atoms with E-state index in [9.17, 15) is 8.42 Å². The molecule has 2 aliphatic rings. The number of sulfone groups is 1. The van der Waals surface area contributed by atoms with Gasteiger partial charge in [0.25, 0.3) is 0 Å². The molecule has 29 heavy (non-hydrogen) atoms. The molecule has 6 nitrogen and oxygen atoms in total. The van der Waals surface area contributed by atoms with Gasteiger partial charge < -0.3 is 15.5 Å². The Morgan fingerprint density at radius 2 is 1.72 bits per heavy atom. The van der Waals surface area contributed by atoms with E-state index >= 15 is 0 Å². The highest BCUT2D eigenvalue weighted by molar-refractivity contribution is 14.0. The number of nitrogens with one attached hydrogen (secondary N) is 2. The maximum atomic E-state index is 11.4. The van der Waals surface area contributed by atoms with Crippen molar-refractivity contribution in [1.29, 1.82) is 0 Å². The third kappa shape index (κ3) is 11.2. The Kier molecular flexibility index (Phi) is 11.8. The Labute approximate surface area is 196 Å². The molecule has 1 saturated heterocycles. The van der Waals surface area contributed by atoms with E-state index in [-0.39, 0.29) is 35.1 Å². The fourth-order valence-corrected chi connectivity index (χ4v) is 5.18. The van der Waals surface area contributed by atoms with Crippen LogP contribution in [-0.4, -0.2) is 70.6 Å². The van der Waals surface area contributed by atoms with Gasteiger partial charge in [0, 0.05) is 45.5 Å². The van der Waals surface area contributed by atoms with E-state index in [1.807, 2.05) is 0 Å². The Morgan fingerprint density at radius 1 is 1.10 bits per heavy atom. The Bertz CT molecular complexity index is 596. The largest absolute Gasteiger partial charge is 0.356 e. The monoisotopic (exact) mass is 542 g/mol. The second-order valence-electron chi connectivity index (χ2n) is 9.69. The molecular weight excluding hydrogens is 499 g/mol. The van der Waals surface area contributed by atoms with E-state index in [1.165, 1.54) is 58.0 Å². The summed E-state index contributed by atoms with van der Waals surface area (Å²) in [4.78, 5) is 7.02. The summed E-state index contributed by atoms with van der Waals surface area (Å²) in [5, 5.41) is 6.97. The molecule has 2 N–H and O–H groups in total. The number of rotatable bonds is 8. The smallest absolute Gasteiger partial charge is 0.191 e. The van der Waals surface area contributed by atoms with E-state index in [1.54, 1.807) is 7.05 Å². The van der Waals surface area contributed by atoms with Crippen molar-refractivity contribution in [3.05, 3.63) is 0 Å². The van der Waals surface area contributed by atoms with Crippen LogP contribution in [0.2, 0.25) is 0 Å². The van der Waals surface area contributed by atoms with Gasteiger partial charge in [0.05, 0.1) is 5.75 Å². The molecule has 0 amide bonds. The minimum absolute atomic E-state index is 0. The summed E-state index contributed by atoms with van der Waals surface area (Å²) in [6, 6.07) is 0.466. The lowest BCUT2D eigenvalue weighted by atomic mass is 9.88. The zero-order valence-corrected chi connectivity index (χ0v) is 22.0. The van der Waals surface area contributed by atoms with E-state index in [2.05, 4.69) is 34.4 Å². The number of nitrogens with zero attached hydrogens (tertiary/aromatic N) is 2. The highest BCUT2D eigenvalue weighted by Crippen LogP contribution is 2.25. The van der Waals surface area contributed by atoms with Crippen LogP contribution in [0, 0.1) is 11.3 Å². The number of aliphatic imine (C=N–C) groups is 1. The third-order valence-electron chi connectivity index (χ3n) is 6.28. The van der Waals surface area contributed by atoms with Crippen LogP contribution >= 0.6 is 24.0 Å². The minimum Gasteiger partial charge on any atom is -0.356 e. The molecule has 0 aromatic rings. The lowest BCUT2D eigenvalue weighted by molar-refractivity contribution is 0.160. The summed E-state index contributed by atoms with van der Waals surface area (Å²) in [5.74, 6) is 1.98. The van der Waals surface area contributed by atoms with Crippen LogP contribution in [-0.2, 0) is 9.84 Å². The van der Waals surface area contributed by atoms with Gasteiger partial charge in [-0.3, -0.25) is 4.99 Å². The summed E-state index contributed by atoms with van der Waals surface area (Å²) in [6.07, 6.45) is 11.4. The molecule has 2 fully saturated rings. The number of hydrogen-bond donors (Lipinski definition) is 2. The number of likely N-dealkylation sites (tertiary alicyclic amines) is 1. The van der Waals surface area contributed by atoms with Crippen LogP contribution in [0.25, 0.3) is 0 Å². The fraction of sp³-hybridized carbons (Fsp3) is 0.952. The summed E-state index contributed by atoms with van der Waals surface area (Å²) >= 11 is 0. The average molecular weight is 543 g/mol. The molecule has 0 radical (unpaired) electrons. The van der Waals surface area contributed by atoms with Gasteiger partial charge in [0.1, 0.15) is 9.84 Å². The van der Waals surface area contributed by atoms with Crippen molar-refractivity contribution in [2.75, 3.05) is 45.2 Å². The number of piperidine rings is 1. The van der Waals surface area contributed by atoms with Crippen LogP contribution < -0.4 is 10.6 Å². The quantitative estimate of drug-likeness (QED) is 0.280. The first kappa shape index (κ1) is 26.9. The van der Waals surface area contributed by atoms with Gasteiger partial charge >= 0.3 is 0 Å². The van der Waals surface area contributed by atoms with Gasteiger partial charge in [-0.15, -0.1) is 24.0 Å². The Balaban J connectivity index is 0.00000420. The van der Waals surface area contributed by atoms with Crippen LogP contribution in [0.4, 0.5) is 0 Å². The maximum Gasteiger partial charge on any atom is 0.191 e. The fourth-order valence-electron chi connectivity index (χ4n) is 4.26. The predicted octanol–water partition coefficient (Wildman–Crippen LogP) is 3.28. The summed E-state index contributed by atoms with van der Waals surface area (Å²) in [6.45, 7) is 8.54. The lowest BCUT2D eigenvalue weighted by Crippen LogP contribution is -2.50. The van der Waals surface area contributed by atoms with E-state index < -0.39 is 9.84 Å². The lowest BCUT2D eigenvalue weighted by Gasteiger charge is -2.36. The molecule has 1 saturated carbocycles. The average Bonchev–Trinajstić information content (AvgIpc) is 2.65. The SMILES string of the molecule is CN=C(NCC(C)(C)CCS(C)(=O)=O)NC1CCN(CC2CCCCC2)CC1.I. The molecule has 1 aliphatic heterocycles. The van der Waals surface area contributed by atoms with Gasteiger partial charge in [0.15, 0.2) is 5.96 Å². The summed E-state index contributed by atoms with van der Waals surface area (Å²) in [5.41, 5.74) is -0.0932. The Hall–Kier alpha value is -0.0900. The molecular formula is C21H43IN4O2S. The van der Waals surface area contributed by atoms with Crippen LogP contribution in [0.5, 0.6) is 0 Å². The molecule has 0 unspecified atom stereocenters. The van der Waals surface area contributed by atoms with Gasteiger partial charge in [-0.2, -0.15) is 0 Å². The molecule has 1 heterocycles. The van der Waals surface area contributed by atoms with Gasteiger partial charge in [0.2, 0.25) is 0 Å². The Morgan fingerprint density at radius 3 is 2.28 bits per heavy atom. The number of hydrogen-bond acceptors (Lipinski definition) is 4. The summed E-state index contributed by atoms with van der Waals surface area (Å²) in [7, 11) is -1.12. The second-order valence-corrected chi connectivity index (χ2v) is 12.0. The molecule has 8 heteroatoms. The van der Waals surface area contributed by atoms with Crippen molar-refractivity contribution in [3.63, 3.8) is 0 Å². The van der Waals surface area contributed by atoms with Crippen molar-refractivity contribution in [2.24, 2.45) is 16.3 Å². The minimum atomic E-state index is -2.92. The number of halogens is 1. The zero-order chi connectivity index (χ0) is 20.6. The van der Waals surface area contributed by atoms with Crippen molar-refractivity contribution in [3.8, 4) is 0 Å². The molecule has 0 spiro atoms. The van der Waals surface area contributed by atoms with Gasteiger partial charge in [-0.25, -0.2) is 8.42 Å². The predicted molar refractivity (Wildman–Crippen MR) is 134 cm³/mol. The second kappa shape index (κ2) is 12.7. The van der Waals surface area contributed by atoms with Crippen molar-refractivity contribution in [1.82, 2.24) is 15.5 Å². The molecule has 2 rings (SSSR count). The highest BCUT2D eigenvalue weighted by atomic mass is 127. The normalized spacial score (nSPS) is 20.9. The summed E-state index contributed by atoms with van der Waals surface area (Å²) < 4.78 is 22.9. The van der Waals surface area contributed by atoms with Crippen molar-refractivity contribution < 1.29 is 8.42 Å². The van der Waals surface area contributed by atoms with Crippen LogP contribution in [0.3, 0.4) is 0 Å². The third-order valence-corrected chi connectivity index (χ3v) is 7.22. The van der Waals surface area contributed by atoms with E-state index in [0.717, 1.165) is 24.7 Å². The van der Waals surface area contributed by atoms with Crippen LogP contribution in [0.1, 0.15) is 65.2 Å². The van der Waals surface area contributed by atoms with E-state index in [4.69, 9.17) is 0 Å². The van der Waals surface area contributed by atoms with E-state index in [0.29, 0.717) is 19.0 Å². The first-order chi connectivity index (χ1) is 13.2. The first-order valence-electron chi connectivity index (χ1n) is 11.0. The molecule has 172 valence electrons. The van der Waals surface area contributed by atoms with Gasteiger partial charge in [-0.1, -0.05) is 33.1 Å². The van der Waals surface area contributed by atoms with Crippen molar-refractivity contribution >= 4 is 39.8 Å². The molecule has 0 bridgehead atoms. The molecule has 0 aromatic heterocycles. The number of guanidine groups is 1. The van der Waals surface area contributed by atoms with Gasteiger partial charge in [-0.05, 0) is 43.4 Å².